The summed E-state index contributed by atoms with van der Waals surface area (Å²) in [7, 11) is 0. The van der Waals surface area contributed by atoms with Crippen molar-refractivity contribution >= 4 is 5.70 Å². The van der Waals surface area contributed by atoms with Crippen LogP contribution in [0.3, 0.4) is 0 Å². The molecule has 0 bridgehead atoms. The van der Waals surface area contributed by atoms with Gasteiger partial charge in [0.15, 0.2) is 5.82 Å². The normalized spacial score (nSPS) is 18.8. The Labute approximate surface area is 129 Å². The van der Waals surface area contributed by atoms with Gasteiger partial charge in [0, 0.05) is 38.4 Å². The van der Waals surface area contributed by atoms with Gasteiger partial charge >= 0.3 is 0 Å². The number of allylic oxidation sites excluding steroid dienone is 2. The second-order valence-electron chi connectivity index (χ2n) is 4.06. The van der Waals surface area contributed by atoms with E-state index in [1.165, 1.54) is 0 Å². The van der Waals surface area contributed by atoms with Gasteiger partial charge in [0.2, 0.25) is 0 Å². The number of rotatable bonds is 1. The summed E-state index contributed by atoms with van der Waals surface area (Å²) >= 11 is 0. The van der Waals surface area contributed by atoms with E-state index in [9.17, 15) is 13.2 Å². The molecule has 0 aliphatic carbocycles. The van der Waals surface area contributed by atoms with Crippen molar-refractivity contribution in [3.63, 3.8) is 0 Å². The summed E-state index contributed by atoms with van der Waals surface area (Å²) in [6.07, 6.45) is 3.59. The fourth-order valence-electron chi connectivity index (χ4n) is 1.58. The Hall–Kier alpha value is -0.606. The fourth-order valence-corrected chi connectivity index (χ4v) is 1.58. The van der Waals surface area contributed by atoms with Crippen molar-refractivity contribution in [3.8, 4) is 0 Å². The molecule has 1 atom stereocenters. The Bertz CT molecular complexity index is 488. The third-order valence-electron chi connectivity index (χ3n) is 2.74. The number of halogens is 3. The third-order valence-corrected chi connectivity index (χ3v) is 2.74. The molecule has 0 fully saturated rings. The zero-order chi connectivity index (χ0) is 12.6. The standard InChI is InChI=1S/C13H11F3N.Y/c1-7-3-4-12(17-8(7)2)9-5-10(14)13(16)11(15)6-9;/h5-7,17H,2-3H2,1H3;/q-1;. The van der Waals surface area contributed by atoms with Crippen LogP contribution >= 0.6 is 0 Å². The van der Waals surface area contributed by atoms with Crippen LogP contribution in [-0.4, -0.2) is 0 Å². The van der Waals surface area contributed by atoms with Gasteiger partial charge in [0.05, 0.1) is 0 Å². The maximum Gasteiger partial charge on any atom is 0.191 e. The minimum absolute atomic E-state index is 0. The molecule has 0 spiro atoms. The third kappa shape index (κ3) is 3.04. The maximum atomic E-state index is 13.1. The summed E-state index contributed by atoms with van der Waals surface area (Å²) in [5, 5.41) is 2.91. The number of nitrogens with one attached hydrogen (secondary N) is 1. The number of benzene rings is 1. The van der Waals surface area contributed by atoms with Gasteiger partial charge in [-0.05, 0) is 5.92 Å². The number of hydrogen-bond donors (Lipinski definition) is 1. The van der Waals surface area contributed by atoms with Gasteiger partial charge in [-0.2, -0.15) is 0 Å². The van der Waals surface area contributed by atoms with Gasteiger partial charge in [-0.1, -0.05) is 25.6 Å². The predicted octanol–water partition coefficient (Wildman–Crippen LogP) is 3.39. The summed E-state index contributed by atoms with van der Waals surface area (Å²) in [5.41, 5.74) is 1.42. The van der Waals surface area contributed by atoms with Gasteiger partial charge < -0.3 is 5.32 Å². The molecule has 1 aliphatic rings. The molecule has 1 unspecified atom stereocenters. The molecule has 5 heteroatoms. The smallest absolute Gasteiger partial charge is 0.191 e. The van der Waals surface area contributed by atoms with Crippen LogP contribution in [0.15, 0.2) is 24.4 Å². The molecular formula is C13H11F3NY-. The average Bonchev–Trinajstić information content (AvgIpc) is 2.29. The molecule has 0 amide bonds. The van der Waals surface area contributed by atoms with E-state index in [1.54, 1.807) is 0 Å². The zero-order valence-electron chi connectivity index (χ0n) is 9.86. The van der Waals surface area contributed by atoms with E-state index >= 15 is 0 Å². The van der Waals surface area contributed by atoms with E-state index < -0.39 is 17.5 Å². The van der Waals surface area contributed by atoms with Crippen LogP contribution in [0.4, 0.5) is 13.2 Å². The van der Waals surface area contributed by atoms with Crippen LogP contribution in [0.2, 0.25) is 0 Å². The molecule has 93 valence electrons. The molecule has 1 N–H and O–H groups in total. The molecule has 1 nitrogen and oxygen atoms in total. The number of hydrogen-bond acceptors (Lipinski definition) is 1. The van der Waals surface area contributed by atoms with Gasteiger partial charge in [-0.3, -0.25) is 0 Å². The van der Waals surface area contributed by atoms with Crippen molar-refractivity contribution in [1.29, 1.82) is 0 Å². The zero-order valence-corrected chi connectivity index (χ0v) is 12.7. The van der Waals surface area contributed by atoms with E-state index in [-0.39, 0.29) is 44.2 Å². The van der Waals surface area contributed by atoms with E-state index in [0.717, 1.165) is 17.8 Å². The Morgan fingerprint density at radius 2 is 1.83 bits per heavy atom. The minimum Gasteiger partial charge on any atom is -0.393 e. The Morgan fingerprint density at radius 3 is 2.33 bits per heavy atom. The first-order chi connectivity index (χ1) is 7.99. The second kappa shape index (κ2) is 6.02. The Kier molecular flexibility index (Phi) is 5.17. The molecule has 2 rings (SSSR count). The van der Waals surface area contributed by atoms with Crippen LogP contribution in [-0.2, 0) is 32.7 Å². The largest absolute Gasteiger partial charge is 0.393 e. The van der Waals surface area contributed by atoms with Gasteiger partial charge in [0.25, 0.3) is 0 Å². The first-order valence-electron chi connectivity index (χ1n) is 5.20. The van der Waals surface area contributed by atoms with Crippen LogP contribution in [0.1, 0.15) is 18.9 Å². The van der Waals surface area contributed by atoms with Crippen LogP contribution in [0, 0.1) is 29.4 Å². The quantitative estimate of drug-likeness (QED) is 0.616. The van der Waals surface area contributed by atoms with Gasteiger partial charge in [-0.15, -0.1) is 17.7 Å². The van der Waals surface area contributed by atoms with Crippen molar-refractivity contribution in [2.24, 2.45) is 5.92 Å². The van der Waals surface area contributed by atoms with Crippen LogP contribution in [0.25, 0.3) is 5.70 Å². The molecule has 0 saturated carbocycles. The summed E-state index contributed by atoms with van der Waals surface area (Å²) in [6.45, 7) is 5.76. The second-order valence-corrected chi connectivity index (χ2v) is 4.06. The summed E-state index contributed by atoms with van der Waals surface area (Å²) < 4.78 is 38.9. The van der Waals surface area contributed by atoms with Crippen molar-refractivity contribution in [1.82, 2.24) is 5.32 Å². The topological polar surface area (TPSA) is 12.0 Å². The summed E-state index contributed by atoms with van der Waals surface area (Å²) in [5.74, 6) is -3.66. The van der Waals surface area contributed by atoms with Crippen molar-refractivity contribution in [2.45, 2.75) is 13.3 Å². The Morgan fingerprint density at radius 1 is 1.28 bits per heavy atom. The van der Waals surface area contributed by atoms with Crippen molar-refractivity contribution in [3.05, 3.63) is 53.5 Å². The van der Waals surface area contributed by atoms with E-state index in [0.29, 0.717) is 12.1 Å². The molecule has 0 aromatic heterocycles. The van der Waals surface area contributed by atoms with Crippen LogP contribution < -0.4 is 5.32 Å². The molecule has 1 aromatic rings. The SMILES string of the molecule is C=C1NC(c2cc(F)c(F)c(F)c2)=[C-]CC1C.[Y]. The predicted molar refractivity (Wildman–Crippen MR) is 59.0 cm³/mol. The first kappa shape index (κ1) is 15.5. The molecular weight excluding hydrogens is 316 g/mol. The molecule has 0 saturated heterocycles. The fraction of sp³-hybridized carbons (Fsp3) is 0.231. The molecule has 1 aromatic carbocycles. The van der Waals surface area contributed by atoms with Gasteiger partial charge in [0.1, 0.15) is 11.6 Å². The molecule has 1 heterocycles. The van der Waals surface area contributed by atoms with E-state index in [4.69, 9.17) is 0 Å². The first-order valence-corrected chi connectivity index (χ1v) is 5.20. The van der Waals surface area contributed by atoms with Crippen molar-refractivity contribution in [2.75, 3.05) is 0 Å². The minimum atomic E-state index is -1.46. The molecule has 1 radical (unpaired) electrons. The van der Waals surface area contributed by atoms with E-state index in [1.807, 2.05) is 6.92 Å². The summed E-state index contributed by atoms with van der Waals surface area (Å²) in [4.78, 5) is 0. The molecule has 1 aliphatic heterocycles. The average molecular weight is 327 g/mol. The Balaban J connectivity index is 0.00000162. The maximum absolute atomic E-state index is 13.1. The van der Waals surface area contributed by atoms with E-state index in [2.05, 4.69) is 18.0 Å². The monoisotopic (exact) mass is 327 g/mol. The van der Waals surface area contributed by atoms with Gasteiger partial charge in [-0.25, -0.2) is 19.2 Å². The molecule has 18 heavy (non-hydrogen) atoms. The summed E-state index contributed by atoms with van der Waals surface area (Å²) in [6, 6.07) is 1.88. The van der Waals surface area contributed by atoms with Crippen LogP contribution in [0.5, 0.6) is 0 Å². The van der Waals surface area contributed by atoms with Crippen molar-refractivity contribution < 1.29 is 45.9 Å².